The zero-order valence-electron chi connectivity index (χ0n) is 5.04. The third-order valence-corrected chi connectivity index (χ3v) is 1.55. The molecule has 2 heterocycles. The minimum atomic E-state index is 0.945. The summed E-state index contributed by atoms with van der Waals surface area (Å²) in [5, 5.41) is 4.24. The zero-order chi connectivity index (χ0) is 6.10. The van der Waals surface area contributed by atoms with Crippen LogP contribution in [0.1, 0.15) is 5.56 Å². The van der Waals surface area contributed by atoms with E-state index in [0.717, 1.165) is 18.7 Å². The predicted octanol–water partition coefficient (Wildman–Crippen LogP) is 0.874. The molecule has 1 aromatic rings. The highest BCUT2D eigenvalue weighted by Crippen LogP contribution is 2.18. The Balaban J connectivity index is 2.54. The van der Waals surface area contributed by atoms with Crippen LogP contribution in [0.3, 0.4) is 0 Å². The molecule has 45 valence electrons. The molecule has 1 radical (unpaired) electrons. The standard InChI is InChI=1S/C7H7N2/c1-3-8-5-7-6(1)2-4-9-7/h1,3,5H,2,4H2. The van der Waals surface area contributed by atoms with Gasteiger partial charge in [0.1, 0.15) is 0 Å². The maximum Gasteiger partial charge on any atom is 0.0790 e. The highest BCUT2D eigenvalue weighted by Gasteiger charge is 2.08. The van der Waals surface area contributed by atoms with E-state index in [1.165, 1.54) is 5.56 Å². The normalized spacial score (nSPS) is 14.7. The van der Waals surface area contributed by atoms with Gasteiger partial charge in [0, 0.05) is 12.7 Å². The van der Waals surface area contributed by atoms with Crippen molar-refractivity contribution >= 4 is 5.69 Å². The van der Waals surface area contributed by atoms with E-state index < -0.39 is 0 Å². The summed E-state index contributed by atoms with van der Waals surface area (Å²) in [7, 11) is 0. The molecule has 2 heteroatoms. The fourth-order valence-corrected chi connectivity index (χ4v) is 1.07. The average molecular weight is 119 g/mol. The highest BCUT2D eigenvalue weighted by molar-refractivity contribution is 5.45. The van der Waals surface area contributed by atoms with Gasteiger partial charge in [-0.2, -0.15) is 0 Å². The molecular formula is C7H7N2. The lowest BCUT2D eigenvalue weighted by Crippen LogP contribution is -1.89. The molecule has 2 nitrogen and oxygen atoms in total. The van der Waals surface area contributed by atoms with Crippen LogP contribution >= 0.6 is 0 Å². The van der Waals surface area contributed by atoms with Crippen molar-refractivity contribution in [2.75, 3.05) is 6.54 Å². The maximum atomic E-state index is 4.24. The molecule has 0 bridgehead atoms. The van der Waals surface area contributed by atoms with E-state index in [1.54, 1.807) is 0 Å². The molecule has 1 aromatic heterocycles. The number of pyridine rings is 1. The lowest BCUT2D eigenvalue weighted by atomic mass is 10.2. The van der Waals surface area contributed by atoms with Crippen molar-refractivity contribution in [1.82, 2.24) is 10.3 Å². The van der Waals surface area contributed by atoms with Gasteiger partial charge in [0.15, 0.2) is 0 Å². The van der Waals surface area contributed by atoms with Gasteiger partial charge < -0.3 is 0 Å². The van der Waals surface area contributed by atoms with Gasteiger partial charge in [-0.3, -0.25) is 10.3 Å². The molecule has 0 fully saturated rings. The largest absolute Gasteiger partial charge is 0.283 e. The van der Waals surface area contributed by atoms with Crippen molar-refractivity contribution in [2.45, 2.75) is 6.42 Å². The van der Waals surface area contributed by atoms with Crippen molar-refractivity contribution in [3.63, 3.8) is 0 Å². The van der Waals surface area contributed by atoms with Crippen molar-refractivity contribution < 1.29 is 0 Å². The summed E-state index contributed by atoms with van der Waals surface area (Å²) in [6.45, 7) is 0.945. The van der Waals surface area contributed by atoms with Crippen LogP contribution in [0.5, 0.6) is 0 Å². The lowest BCUT2D eigenvalue weighted by Gasteiger charge is -1.91. The average Bonchev–Trinajstić information content (AvgIpc) is 2.33. The third kappa shape index (κ3) is 0.669. The molecule has 0 saturated heterocycles. The molecule has 0 aromatic carbocycles. The van der Waals surface area contributed by atoms with Gasteiger partial charge in [0.05, 0.1) is 11.9 Å². The molecule has 2 rings (SSSR count). The second kappa shape index (κ2) is 1.72. The molecule has 1 aliphatic rings. The van der Waals surface area contributed by atoms with Crippen LogP contribution in [0.15, 0.2) is 18.5 Å². The Morgan fingerprint density at radius 3 is 3.33 bits per heavy atom. The van der Waals surface area contributed by atoms with Crippen LogP contribution in [0.2, 0.25) is 0 Å². The van der Waals surface area contributed by atoms with Gasteiger partial charge in [0.2, 0.25) is 0 Å². The Bertz CT molecular complexity index is 197. The number of hydrogen-bond acceptors (Lipinski definition) is 1. The van der Waals surface area contributed by atoms with Crippen molar-refractivity contribution in [3.8, 4) is 0 Å². The van der Waals surface area contributed by atoms with Gasteiger partial charge in [0.25, 0.3) is 0 Å². The molecule has 0 spiro atoms. The van der Waals surface area contributed by atoms with Gasteiger partial charge in [-0.05, 0) is 18.1 Å². The van der Waals surface area contributed by atoms with E-state index in [2.05, 4.69) is 10.3 Å². The van der Waals surface area contributed by atoms with E-state index in [9.17, 15) is 0 Å². The number of nitrogens with zero attached hydrogens (tertiary/aromatic N) is 2. The first-order valence-electron chi connectivity index (χ1n) is 3.07. The first-order chi connectivity index (χ1) is 4.47. The Hall–Kier alpha value is -1.05. The predicted molar refractivity (Wildman–Crippen MR) is 34.6 cm³/mol. The summed E-state index contributed by atoms with van der Waals surface area (Å²) in [6.07, 6.45) is 4.74. The SMILES string of the molecule is c1cc2c(cn1)[N]CC2. The monoisotopic (exact) mass is 119 g/mol. The molecular weight excluding hydrogens is 112 g/mol. The van der Waals surface area contributed by atoms with Crippen molar-refractivity contribution in [1.29, 1.82) is 0 Å². The molecule has 0 unspecified atom stereocenters. The molecule has 9 heavy (non-hydrogen) atoms. The molecule has 0 aliphatic carbocycles. The van der Waals surface area contributed by atoms with E-state index in [0.29, 0.717) is 0 Å². The van der Waals surface area contributed by atoms with E-state index in [4.69, 9.17) is 0 Å². The van der Waals surface area contributed by atoms with E-state index in [1.807, 2.05) is 18.5 Å². The van der Waals surface area contributed by atoms with E-state index >= 15 is 0 Å². The Morgan fingerprint density at radius 1 is 1.44 bits per heavy atom. The topological polar surface area (TPSA) is 27.0 Å². The lowest BCUT2D eigenvalue weighted by molar-refractivity contribution is 0.908. The summed E-state index contributed by atoms with van der Waals surface area (Å²) in [5.74, 6) is 0. The number of hydrogen-bond donors (Lipinski definition) is 0. The van der Waals surface area contributed by atoms with Gasteiger partial charge in [-0.1, -0.05) is 0 Å². The Labute approximate surface area is 53.9 Å². The zero-order valence-corrected chi connectivity index (χ0v) is 5.04. The molecule has 1 aliphatic heterocycles. The second-order valence-corrected chi connectivity index (χ2v) is 2.14. The fraction of sp³-hybridized carbons (Fsp3) is 0.286. The molecule has 0 N–H and O–H groups in total. The number of fused-ring (bicyclic) bond motifs is 1. The van der Waals surface area contributed by atoms with Crippen LogP contribution < -0.4 is 5.32 Å². The quantitative estimate of drug-likeness (QED) is 0.498. The first-order valence-corrected chi connectivity index (χ1v) is 3.07. The summed E-state index contributed by atoms with van der Waals surface area (Å²) < 4.78 is 0. The molecule has 0 atom stereocenters. The first kappa shape index (κ1) is 4.79. The second-order valence-electron chi connectivity index (χ2n) is 2.14. The van der Waals surface area contributed by atoms with Crippen LogP contribution in [0, 0.1) is 0 Å². The summed E-state index contributed by atoms with van der Waals surface area (Å²) in [4.78, 5) is 3.96. The summed E-state index contributed by atoms with van der Waals surface area (Å²) >= 11 is 0. The number of rotatable bonds is 0. The summed E-state index contributed by atoms with van der Waals surface area (Å²) in [6, 6.07) is 2.03. The van der Waals surface area contributed by atoms with Gasteiger partial charge in [-0.25, -0.2) is 0 Å². The van der Waals surface area contributed by atoms with Gasteiger partial charge >= 0.3 is 0 Å². The fourth-order valence-electron chi connectivity index (χ4n) is 1.07. The van der Waals surface area contributed by atoms with Crippen LogP contribution in [0.25, 0.3) is 0 Å². The highest BCUT2D eigenvalue weighted by atomic mass is 14.9. The van der Waals surface area contributed by atoms with Gasteiger partial charge in [-0.15, -0.1) is 0 Å². The van der Waals surface area contributed by atoms with Crippen molar-refractivity contribution in [3.05, 3.63) is 24.0 Å². The van der Waals surface area contributed by atoms with Crippen LogP contribution in [-0.4, -0.2) is 11.5 Å². The van der Waals surface area contributed by atoms with Crippen molar-refractivity contribution in [2.24, 2.45) is 0 Å². The Morgan fingerprint density at radius 2 is 2.44 bits per heavy atom. The Kier molecular flexibility index (Phi) is 0.918. The number of aromatic nitrogens is 1. The maximum absolute atomic E-state index is 4.24. The third-order valence-electron chi connectivity index (χ3n) is 1.55. The molecule has 0 saturated carbocycles. The molecule has 0 amide bonds. The van der Waals surface area contributed by atoms with Crippen LogP contribution in [0.4, 0.5) is 5.69 Å². The minimum Gasteiger partial charge on any atom is -0.283 e. The van der Waals surface area contributed by atoms with E-state index in [-0.39, 0.29) is 0 Å². The summed E-state index contributed by atoms with van der Waals surface area (Å²) in [5.41, 5.74) is 2.42. The smallest absolute Gasteiger partial charge is 0.0790 e. The van der Waals surface area contributed by atoms with Crippen LogP contribution in [-0.2, 0) is 6.42 Å². The minimum absolute atomic E-state index is 0.945.